The van der Waals surface area contributed by atoms with E-state index < -0.39 is 16.1 Å². The van der Waals surface area contributed by atoms with Crippen LogP contribution in [-0.4, -0.2) is 36.8 Å². The molecule has 1 rings (SSSR count). The lowest BCUT2D eigenvalue weighted by Crippen LogP contribution is -2.47. The zero-order valence-corrected chi connectivity index (χ0v) is 13.0. The van der Waals surface area contributed by atoms with Crippen molar-refractivity contribution in [3.05, 3.63) is 18.0 Å². The molecule has 1 aromatic heterocycles. The number of aromatic amines is 1. The van der Waals surface area contributed by atoms with Crippen molar-refractivity contribution in [1.82, 2.24) is 20.2 Å². The molecule has 0 bridgehead atoms. The fraction of sp³-hybridized carbons (Fsp3) is 0.667. The number of sulfonamides is 1. The molecule has 7 nitrogen and oxygen atoms in total. The molecule has 0 aliphatic heterocycles. The van der Waals surface area contributed by atoms with E-state index in [1.165, 1.54) is 0 Å². The van der Waals surface area contributed by atoms with Crippen molar-refractivity contribution in [3.8, 4) is 0 Å². The summed E-state index contributed by atoms with van der Waals surface area (Å²) < 4.78 is 25.0. The quantitative estimate of drug-likeness (QED) is 0.684. The Morgan fingerprint density at radius 2 is 2.05 bits per heavy atom. The third kappa shape index (κ3) is 5.70. The zero-order valence-electron chi connectivity index (χ0n) is 12.2. The van der Waals surface area contributed by atoms with Crippen LogP contribution >= 0.6 is 0 Å². The predicted molar refractivity (Wildman–Crippen MR) is 76.4 cm³/mol. The smallest absolute Gasteiger partial charge is 0.238 e. The number of carbonyl (C=O) groups excluding carboxylic acids is 1. The van der Waals surface area contributed by atoms with Crippen LogP contribution in [0.5, 0.6) is 0 Å². The number of H-pyrrole nitrogens is 1. The molecule has 2 unspecified atom stereocenters. The molecule has 0 spiro atoms. The summed E-state index contributed by atoms with van der Waals surface area (Å²) in [7, 11) is -3.43. The molecule has 8 heteroatoms. The molecule has 0 saturated heterocycles. The van der Waals surface area contributed by atoms with E-state index in [1.807, 2.05) is 20.8 Å². The van der Waals surface area contributed by atoms with Gasteiger partial charge in [0.2, 0.25) is 15.9 Å². The first-order valence-electron chi connectivity index (χ1n) is 6.45. The maximum atomic E-state index is 12.2. The van der Waals surface area contributed by atoms with Crippen LogP contribution in [0.4, 0.5) is 0 Å². The third-order valence-electron chi connectivity index (χ3n) is 2.76. The summed E-state index contributed by atoms with van der Waals surface area (Å²) in [5.74, 6) is -0.137. The Bertz CT molecular complexity index is 525. The van der Waals surface area contributed by atoms with E-state index in [0.717, 1.165) is 11.8 Å². The molecule has 1 heterocycles. The monoisotopic (exact) mass is 302 g/mol. The fourth-order valence-corrected chi connectivity index (χ4v) is 2.55. The van der Waals surface area contributed by atoms with Gasteiger partial charge in [0.25, 0.3) is 0 Å². The van der Waals surface area contributed by atoms with Crippen LogP contribution in [0.25, 0.3) is 0 Å². The van der Waals surface area contributed by atoms with E-state index in [-0.39, 0.29) is 17.9 Å². The first kappa shape index (κ1) is 16.6. The highest BCUT2D eigenvalue weighted by atomic mass is 32.2. The highest BCUT2D eigenvalue weighted by Gasteiger charge is 2.24. The normalized spacial score (nSPS) is 15.1. The van der Waals surface area contributed by atoms with Crippen LogP contribution in [0.2, 0.25) is 0 Å². The van der Waals surface area contributed by atoms with Crippen molar-refractivity contribution in [2.24, 2.45) is 5.92 Å². The van der Waals surface area contributed by atoms with Gasteiger partial charge in [-0.2, -0.15) is 5.10 Å². The molecular weight excluding hydrogens is 280 g/mol. The lowest BCUT2D eigenvalue weighted by atomic mass is 10.0. The first-order valence-corrected chi connectivity index (χ1v) is 8.34. The SMILES string of the molecule is CC(C)CC(NS(C)(=O)=O)C(=O)NC(C)c1cn[nH]c1. The highest BCUT2D eigenvalue weighted by molar-refractivity contribution is 7.88. The van der Waals surface area contributed by atoms with Crippen molar-refractivity contribution in [3.63, 3.8) is 0 Å². The Labute approximate surface area is 119 Å². The van der Waals surface area contributed by atoms with E-state index >= 15 is 0 Å². The number of aromatic nitrogens is 2. The van der Waals surface area contributed by atoms with Gasteiger partial charge < -0.3 is 5.32 Å². The Morgan fingerprint density at radius 1 is 1.40 bits per heavy atom. The molecule has 0 aliphatic carbocycles. The summed E-state index contributed by atoms with van der Waals surface area (Å²) >= 11 is 0. The Hall–Kier alpha value is -1.41. The molecule has 3 N–H and O–H groups in total. The fourth-order valence-electron chi connectivity index (χ4n) is 1.83. The van der Waals surface area contributed by atoms with Crippen LogP contribution in [0.3, 0.4) is 0 Å². The molecule has 0 radical (unpaired) electrons. The van der Waals surface area contributed by atoms with Crippen molar-refractivity contribution < 1.29 is 13.2 Å². The topological polar surface area (TPSA) is 104 Å². The minimum absolute atomic E-state index is 0.198. The number of rotatable bonds is 7. The van der Waals surface area contributed by atoms with Crippen molar-refractivity contribution in [2.45, 2.75) is 39.3 Å². The Balaban J connectivity index is 2.72. The average molecular weight is 302 g/mol. The van der Waals surface area contributed by atoms with Gasteiger partial charge in [0.05, 0.1) is 18.5 Å². The van der Waals surface area contributed by atoms with E-state index in [9.17, 15) is 13.2 Å². The molecule has 20 heavy (non-hydrogen) atoms. The predicted octanol–water partition coefficient (Wildman–Crippen LogP) is 0.551. The molecule has 0 fully saturated rings. The van der Waals surface area contributed by atoms with Crippen LogP contribution in [-0.2, 0) is 14.8 Å². The van der Waals surface area contributed by atoms with E-state index in [1.54, 1.807) is 12.4 Å². The lowest BCUT2D eigenvalue weighted by molar-refractivity contribution is -0.123. The van der Waals surface area contributed by atoms with Gasteiger partial charge in [-0.05, 0) is 19.3 Å². The molecule has 2 atom stereocenters. The summed E-state index contributed by atoms with van der Waals surface area (Å²) in [4.78, 5) is 12.2. The van der Waals surface area contributed by atoms with Crippen molar-refractivity contribution >= 4 is 15.9 Å². The van der Waals surface area contributed by atoms with Gasteiger partial charge >= 0.3 is 0 Å². The molecule has 0 aliphatic rings. The van der Waals surface area contributed by atoms with Crippen LogP contribution in [0.1, 0.15) is 38.8 Å². The second kappa shape index (κ2) is 6.85. The Morgan fingerprint density at radius 3 is 2.50 bits per heavy atom. The van der Waals surface area contributed by atoms with Gasteiger partial charge in [-0.1, -0.05) is 13.8 Å². The van der Waals surface area contributed by atoms with Gasteiger partial charge in [-0.25, -0.2) is 13.1 Å². The maximum absolute atomic E-state index is 12.2. The van der Waals surface area contributed by atoms with Gasteiger partial charge in [-0.15, -0.1) is 0 Å². The van der Waals surface area contributed by atoms with Gasteiger partial charge in [0.1, 0.15) is 6.04 Å². The third-order valence-corrected chi connectivity index (χ3v) is 3.47. The minimum Gasteiger partial charge on any atom is -0.348 e. The van der Waals surface area contributed by atoms with E-state index in [4.69, 9.17) is 0 Å². The number of carbonyl (C=O) groups is 1. The molecule has 1 amide bonds. The maximum Gasteiger partial charge on any atom is 0.238 e. The highest BCUT2D eigenvalue weighted by Crippen LogP contribution is 2.11. The summed E-state index contributed by atoms with van der Waals surface area (Å²) in [6, 6.07) is -1.00. The summed E-state index contributed by atoms with van der Waals surface area (Å²) in [5.41, 5.74) is 0.834. The molecule has 0 aromatic carbocycles. The second-order valence-electron chi connectivity index (χ2n) is 5.33. The van der Waals surface area contributed by atoms with Crippen LogP contribution in [0, 0.1) is 5.92 Å². The molecule has 0 saturated carbocycles. The van der Waals surface area contributed by atoms with Crippen molar-refractivity contribution in [1.29, 1.82) is 0 Å². The largest absolute Gasteiger partial charge is 0.348 e. The average Bonchev–Trinajstić information content (AvgIpc) is 2.78. The van der Waals surface area contributed by atoms with Crippen LogP contribution in [0.15, 0.2) is 12.4 Å². The first-order chi connectivity index (χ1) is 9.19. The number of hydrogen-bond donors (Lipinski definition) is 3. The molecule has 1 aromatic rings. The number of amides is 1. The number of nitrogens with one attached hydrogen (secondary N) is 3. The standard InChI is InChI=1S/C12H22N4O3S/c1-8(2)5-11(16-20(4,18)19)12(17)15-9(3)10-6-13-14-7-10/h6-9,11,16H,5H2,1-4H3,(H,13,14)(H,15,17). The summed E-state index contributed by atoms with van der Waals surface area (Å²) in [5, 5.41) is 9.27. The van der Waals surface area contributed by atoms with Crippen molar-refractivity contribution in [2.75, 3.05) is 6.26 Å². The molecular formula is C12H22N4O3S. The number of hydrogen-bond acceptors (Lipinski definition) is 4. The second-order valence-corrected chi connectivity index (χ2v) is 7.11. The van der Waals surface area contributed by atoms with E-state index in [2.05, 4.69) is 20.2 Å². The van der Waals surface area contributed by atoms with E-state index in [0.29, 0.717) is 6.42 Å². The van der Waals surface area contributed by atoms with Crippen LogP contribution < -0.4 is 10.0 Å². The van der Waals surface area contributed by atoms with Gasteiger partial charge in [0.15, 0.2) is 0 Å². The summed E-state index contributed by atoms with van der Waals surface area (Å²) in [6.45, 7) is 5.68. The minimum atomic E-state index is -3.43. The van der Waals surface area contributed by atoms with Gasteiger partial charge in [0, 0.05) is 11.8 Å². The van der Waals surface area contributed by atoms with Gasteiger partial charge in [-0.3, -0.25) is 9.89 Å². The number of nitrogens with zero attached hydrogens (tertiary/aromatic N) is 1. The lowest BCUT2D eigenvalue weighted by Gasteiger charge is -2.21. The zero-order chi connectivity index (χ0) is 15.3. The summed E-state index contributed by atoms with van der Waals surface area (Å²) in [6.07, 6.45) is 4.79. The molecule has 114 valence electrons. The Kier molecular flexibility index (Phi) is 5.70.